The maximum atomic E-state index is 13.3. The first-order valence-corrected chi connectivity index (χ1v) is 12.5. The number of aryl methyl sites for hydroxylation is 2. The van der Waals surface area contributed by atoms with E-state index in [1.54, 1.807) is 11.3 Å². The van der Waals surface area contributed by atoms with Crippen LogP contribution < -0.4 is 5.32 Å². The van der Waals surface area contributed by atoms with E-state index in [1.165, 1.54) is 16.6 Å². The molecule has 3 aromatic rings. The molecule has 0 aliphatic heterocycles. The van der Waals surface area contributed by atoms with Crippen LogP contribution in [-0.2, 0) is 17.6 Å². The largest absolute Gasteiger partial charge is 0.316 e. The quantitative estimate of drug-likeness (QED) is 0.411. The number of nitrogens with zero attached hydrogens (tertiary/aromatic N) is 3. The molecule has 1 N–H and O–H groups in total. The van der Waals surface area contributed by atoms with E-state index in [-0.39, 0.29) is 17.4 Å². The molecule has 0 saturated heterocycles. The van der Waals surface area contributed by atoms with Crippen LogP contribution >= 0.6 is 23.1 Å². The number of hydrogen-bond acceptors (Lipinski definition) is 6. The first-order chi connectivity index (χ1) is 15.1. The summed E-state index contributed by atoms with van der Waals surface area (Å²) in [6.07, 6.45) is 6.37. The highest BCUT2D eigenvalue weighted by atomic mass is 32.2. The van der Waals surface area contributed by atoms with E-state index in [4.69, 9.17) is 0 Å². The summed E-state index contributed by atoms with van der Waals surface area (Å²) in [7, 11) is 0. The van der Waals surface area contributed by atoms with Crippen molar-refractivity contribution in [1.82, 2.24) is 14.8 Å². The zero-order valence-corrected chi connectivity index (χ0v) is 19.0. The number of nitrogens with one attached hydrogen (secondary N) is 1. The molecule has 1 fully saturated rings. The van der Waals surface area contributed by atoms with E-state index in [9.17, 15) is 9.59 Å². The second-order valence-corrected chi connectivity index (χ2v) is 10.1. The van der Waals surface area contributed by atoms with Gasteiger partial charge in [0.1, 0.15) is 10.8 Å². The van der Waals surface area contributed by atoms with Gasteiger partial charge < -0.3 is 9.88 Å². The Balaban J connectivity index is 1.36. The predicted molar refractivity (Wildman–Crippen MR) is 123 cm³/mol. The first kappa shape index (κ1) is 20.5. The van der Waals surface area contributed by atoms with Crippen LogP contribution in [0, 0.1) is 6.92 Å². The standard InChI is InChI=1S/C23H24N4O2S2/c1-14-25-26-23(27(14)16-11-12-16)30-13-19(28)24-22-20(17-9-5-6-10-18(17)31-22)21(29)15-7-3-2-4-8-15/h2-4,7-8,16H,5-6,9-13H2,1H3,(H,24,28). The molecule has 5 rings (SSSR count). The van der Waals surface area contributed by atoms with Crippen molar-refractivity contribution in [2.24, 2.45) is 0 Å². The lowest BCUT2D eigenvalue weighted by atomic mass is 9.92. The molecule has 6 nitrogen and oxygen atoms in total. The van der Waals surface area contributed by atoms with Crippen molar-refractivity contribution in [3.8, 4) is 0 Å². The summed E-state index contributed by atoms with van der Waals surface area (Å²) in [5, 5.41) is 12.9. The Morgan fingerprint density at radius 2 is 1.94 bits per heavy atom. The van der Waals surface area contributed by atoms with Gasteiger partial charge >= 0.3 is 0 Å². The van der Waals surface area contributed by atoms with Gasteiger partial charge in [-0.05, 0) is 51.0 Å². The summed E-state index contributed by atoms with van der Waals surface area (Å²) in [6, 6.07) is 9.80. The van der Waals surface area contributed by atoms with Gasteiger partial charge in [0.25, 0.3) is 0 Å². The molecule has 2 heterocycles. The number of fused-ring (bicyclic) bond motifs is 1. The predicted octanol–water partition coefficient (Wildman–Crippen LogP) is 4.82. The molecule has 0 radical (unpaired) electrons. The smallest absolute Gasteiger partial charge is 0.235 e. The highest BCUT2D eigenvalue weighted by molar-refractivity contribution is 7.99. The van der Waals surface area contributed by atoms with Crippen LogP contribution in [0.4, 0.5) is 5.00 Å². The Bertz CT molecular complexity index is 1130. The van der Waals surface area contributed by atoms with Crippen LogP contribution in [-0.4, -0.2) is 32.2 Å². The Labute approximate surface area is 189 Å². The van der Waals surface area contributed by atoms with Crippen molar-refractivity contribution in [1.29, 1.82) is 0 Å². The topological polar surface area (TPSA) is 76.9 Å². The Morgan fingerprint density at radius 3 is 2.71 bits per heavy atom. The van der Waals surface area contributed by atoms with Crippen molar-refractivity contribution in [2.45, 2.75) is 56.6 Å². The maximum Gasteiger partial charge on any atom is 0.235 e. The molecule has 1 amide bonds. The van der Waals surface area contributed by atoms with E-state index >= 15 is 0 Å². The summed E-state index contributed by atoms with van der Waals surface area (Å²) in [4.78, 5) is 27.4. The lowest BCUT2D eigenvalue weighted by Gasteiger charge is -2.12. The number of aromatic nitrogens is 3. The second-order valence-electron chi connectivity index (χ2n) is 8.08. The van der Waals surface area contributed by atoms with Crippen molar-refractivity contribution in [3.05, 3.63) is 57.7 Å². The minimum Gasteiger partial charge on any atom is -0.316 e. The fourth-order valence-corrected chi connectivity index (χ4v) is 6.28. The third-order valence-electron chi connectivity index (χ3n) is 5.77. The molecule has 1 aromatic carbocycles. The fraction of sp³-hybridized carbons (Fsp3) is 0.391. The van der Waals surface area contributed by atoms with Gasteiger partial charge in [0.15, 0.2) is 10.9 Å². The van der Waals surface area contributed by atoms with Crippen molar-refractivity contribution in [2.75, 3.05) is 11.1 Å². The lowest BCUT2D eigenvalue weighted by molar-refractivity contribution is -0.113. The Kier molecular flexibility index (Phi) is 5.67. The van der Waals surface area contributed by atoms with Crippen LogP contribution in [0.3, 0.4) is 0 Å². The molecular formula is C23H24N4O2S2. The van der Waals surface area contributed by atoms with Gasteiger partial charge in [-0.2, -0.15) is 0 Å². The molecule has 2 aromatic heterocycles. The molecule has 0 spiro atoms. The molecule has 0 atom stereocenters. The molecule has 8 heteroatoms. The monoisotopic (exact) mass is 452 g/mol. The number of rotatable bonds is 7. The molecule has 0 unspecified atom stereocenters. The number of thiophene rings is 1. The number of carbonyl (C=O) groups excluding carboxylic acids is 2. The molecule has 2 aliphatic carbocycles. The van der Waals surface area contributed by atoms with E-state index in [0.717, 1.165) is 55.1 Å². The number of benzene rings is 1. The second kappa shape index (κ2) is 8.59. The normalized spacial score (nSPS) is 15.5. The van der Waals surface area contributed by atoms with Gasteiger partial charge in [-0.1, -0.05) is 42.1 Å². The van der Waals surface area contributed by atoms with Crippen LogP contribution in [0.2, 0.25) is 0 Å². The van der Waals surface area contributed by atoms with Crippen molar-refractivity contribution >= 4 is 39.8 Å². The number of thioether (sulfide) groups is 1. The van der Waals surface area contributed by atoms with Crippen LogP contribution in [0.15, 0.2) is 35.5 Å². The molecule has 31 heavy (non-hydrogen) atoms. The Hall–Kier alpha value is -2.45. The summed E-state index contributed by atoms with van der Waals surface area (Å²) in [5.41, 5.74) is 2.46. The van der Waals surface area contributed by atoms with E-state index in [1.807, 2.05) is 37.3 Å². The lowest BCUT2D eigenvalue weighted by Crippen LogP contribution is -2.17. The minimum atomic E-state index is -0.117. The maximum absolute atomic E-state index is 13.3. The van der Waals surface area contributed by atoms with Gasteiger partial charge in [0, 0.05) is 16.5 Å². The molecule has 1 saturated carbocycles. The Morgan fingerprint density at radius 1 is 1.16 bits per heavy atom. The zero-order valence-electron chi connectivity index (χ0n) is 17.4. The van der Waals surface area contributed by atoms with Crippen LogP contribution in [0.5, 0.6) is 0 Å². The van der Waals surface area contributed by atoms with Crippen LogP contribution in [0.1, 0.15) is 63.9 Å². The summed E-state index contributed by atoms with van der Waals surface area (Å²) >= 11 is 2.97. The van der Waals surface area contributed by atoms with Gasteiger partial charge in [0.05, 0.1) is 11.3 Å². The summed E-state index contributed by atoms with van der Waals surface area (Å²) in [6.45, 7) is 1.95. The van der Waals surface area contributed by atoms with Gasteiger partial charge in [-0.3, -0.25) is 9.59 Å². The molecule has 2 aliphatic rings. The number of ketones is 1. The number of amides is 1. The number of anilines is 1. The molecule has 0 bridgehead atoms. The van der Waals surface area contributed by atoms with Gasteiger partial charge in [-0.15, -0.1) is 21.5 Å². The highest BCUT2D eigenvalue weighted by Gasteiger charge is 2.29. The van der Waals surface area contributed by atoms with Gasteiger partial charge in [0.2, 0.25) is 5.91 Å². The zero-order chi connectivity index (χ0) is 21.4. The average molecular weight is 453 g/mol. The third-order valence-corrected chi connectivity index (χ3v) is 7.92. The minimum absolute atomic E-state index is 0.00736. The number of carbonyl (C=O) groups is 2. The van der Waals surface area contributed by atoms with E-state index < -0.39 is 0 Å². The average Bonchev–Trinajstić information content (AvgIpc) is 3.46. The number of hydrogen-bond donors (Lipinski definition) is 1. The summed E-state index contributed by atoms with van der Waals surface area (Å²) in [5.74, 6) is 1.01. The van der Waals surface area contributed by atoms with Crippen LogP contribution in [0.25, 0.3) is 0 Å². The van der Waals surface area contributed by atoms with E-state index in [2.05, 4.69) is 20.1 Å². The summed E-state index contributed by atoms with van der Waals surface area (Å²) < 4.78 is 2.13. The van der Waals surface area contributed by atoms with Gasteiger partial charge in [-0.25, -0.2) is 0 Å². The third kappa shape index (κ3) is 4.19. The molecular weight excluding hydrogens is 428 g/mol. The fourth-order valence-electron chi connectivity index (χ4n) is 4.12. The van der Waals surface area contributed by atoms with Crippen molar-refractivity contribution in [3.63, 3.8) is 0 Å². The van der Waals surface area contributed by atoms with Crippen molar-refractivity contribution < 1.29 is 9.59 Å². The first-order valence-electron chi connectivity index (χ1n) is 10.7. The SMILES string of the molecule is Cc1nnc(SCC(=O)Nc2sc3c(c2C(=O)c2ccccc2)CCCC3)n1C1CC1. The highest BCUT2D eigenvalue weighted by Crippen LogP contribution is 2.40. The van der Waals surface area contributed by atoms with E-state index in [0.29, 0.717) is 22.2 Å². The molecule has 160 valence electrons.